The second-order valence-corrected chi connectivity index (χ2v) is 5.93. The van der Waals surface area contributed by atoms with Crippen molar-refractivity contribution in [2.24, 2.45) is 0 Å². The number of nitrogens with one attached hydrogen (secondary N) is 1. The fourth-order valence-electron chi connectivity index (χ4n) is 1.85. The minimum absolute atomic E-state index is 0.308. The number of nitrogens with zero attached hydrogens (tertiary/aromatic N) is 2. The van der Waals surface area contributed by atoms with Crippen molar-refractivity contribution in [2.75, 3.05) is 12.4 Å². The van der Waals surface area contributed by atoms with Gasteiger partial charge in [-0.05, 0) is 40.5 Å². The molecule has 20 heavy (non-hydrogen) atoms. The standard InChI is InChI=1S/C14H14Br2FN3/c1-3-4-11-12(16)14(18-2)20-13(19-11)9-7-8(17)5-6-10(9)15/h5-7H,3-4H2,1-2H3,(H,18,19,20). The van der Waals surface area contributed by atoms with Gasteiger partial charge in [0.1, 0.15) is 11.6 Å². The Labute approximate surface area is 134 Å². The molecule has 2 aromatic rings. The van der Waals surface area contributed by atoms with Gasteiger partial charge in [-0.1, -0.05) is 29.3 Å². The minimum atomic E-state index is -0.308. The Morgan fingerprint density at radius 2 is 2.00 bits per heavy atom. The summed E-state index contributed by atoms with van der Waals surface area (Å²) in [5, 5.41) is 3.03. The van der Waals surface area contributed by atoms with E-state index < -0.39 is 0 Å². The van der Waals surface area contributed by atoms with Crippen molar-refractivity contribution in [3.05, 3.63) is 38.7 Å². The van der Waals surface area contributed by atoms with E-state index in [1.54, 1.807) is 13.1 Å². The number of hydrogen-bond donors (Lipinski definition) is 1. The quantitative estimate of drug-likeness (QED) is 0.797. The second-order valence-electron chi connectivity index (χ2n) is 4.28. The number of aryl methyl sites for hydroxylation is 1. The Morgan fingerprint density at radius 3 is 2.65 bits per heavy atom. The molecule has 106 valence electrons. The number of benzene rings is 1. The molecule has 6 heteroatoms. The maximum absolute atomic E-state index is 13.4. The summed E-state index contributed by atoms with van der Waals surface area (Å²) in [6.07, 6.45) is 1.81. The van der Waals surface area contributed by atoms with E-state index in [2.05, 4.69) is 54.1 Å². The highest BCUT2D eigenvalue weighted by molar-refractivity contribution is 9.11. The van der Waals surface area contributed by atoms with Gasteiger partial charge in [0.2, 0.25) is 0 Å². The molecule has 0 spiro atoms. The molecule has 0 saturated heterocycles. The van der Waals surface area contributed by atoms with Crippen LogP contribution in [0.25, 0.3) is 11.4 Å². The predicted molar refractivity (Wildman–Crippen MR) is 86.4 cm³/mol. The Bertz CT molecular complexity index is 632. The molecule has 0 aliphatic heterocycles. The summed E-state index contributed by atoms with van der Waals surface area (Å²) in [6, 6.07) is 4.50. The average Bonchev–Trinajstić information content (AvgIpc) is 2.44. The molecule has 1 heterocycles. The van der Waals surface area contributed by atoms with Gasteiger partial charge in [-0.25, -0.2) is 14.4 Å². The van der Waals surface area contributed by atoms with E-state index in [1.165, 1.54) is 12.1 Å². The van der Waals surface area contributed by atoms with Crippen LogP contribution in [0.1, 0.15) is 19.0 Å². The second kappa shape index (κ2) is 6.63. The van der Waals surface area contributed by atoms with Gasteiger partial charge in [0, 0.05) is 17.1 Å². The molecule has 0 radical (unpaired) electrons. The molecule has 0 aliphatic rings. The topological polar surface area (TPSA) is 37.8 Å². The normalized spacial score (nSPS) is 10.7. The lowest BCUT2D eigenvalue weighted by Gasteiger charge is -2.11. The lowest BCUT2D eigenvalue weighted by molar-refractivity contribution is 0.628. The van der Waals surface area contributed by atoms with Crippen LogP contribution in [0.4, 0.5) is 10.2 Å². The SMILES string of the molecule is CCCc1nc(-c2cc(F)ccc2Br)nc(NC)c1Br. The van der Waals surface area contributed by atoms with Crippen molar-refractivity contribution in [2.45, 2.75) is 19.8 Å². The summed E-state index contributed by atoms with van der Waals surface area (Å²) in [7, 11) is 1.80. The van der Waals surface area contributed by atoms with Crippen LogP contribution in [0.5, 0.6) is 0 Å². The molecule has 3 nitrogen and oxygen atoms in total. The van der Waals surface area contributed by atoms with E-state index in [0.29, 0.717) is 17.2 Å². The molecule has 0 atom stereocenters. The first-order valence-electron chi connectivity index (χ1n) is 6.26. The monoisotopic (exact) mass is 401 g/mol. The van der Waals surface area contributed by atoms with Crippen molar-refractivity contribution >= 4 is 37.7 Å². The Kier molecular flexibility index (Phi) is 5.10. The van der Waals surface area contributed by atoms with Crippen molar-refractivity contribution < 1.29 is 4.39 Å². The number of anilines is 1. The van der Waals surface area contributed by atoms with Crippen LogP contribution in [-0.2, 0) is 6.42 Å². The Balaban J connectivity index is 2.61. The molecule has 0 saturated carbocycles. The van der Waals surface area contributed by atoms with E-state index in [0.717, 1.165) is 27.5 Å². The van der Waals surface area contributed by atoms with E-state index in [-0.39, 0.29) is 5.82 Å². The number of hydrogen-bond acceptors (Lipinski definition) is 3. The van der Waals surface area contributed by atoms with Gasteiger partial charge in [-0.3, -0.25) is 0 Å². The molecule has 1 aromatic carbocycles. The van der Waals surface area contributed by atoms with Gasteiger partial charge >= 0.3 is 0 Å². The van der Waals surface area contributed by atoms with Crippen molar-refractivity contribution in [3.8, 4) is 11.4 Å². The lowest BCUT2D eigenvalue weighted by Crippen LogP contribution is -2.03. The van der Waals surface area contributed by atoms with Crippen molar-refractivity contribution in [1.82, 2.24) is 9.97 Å². The van der Waals surface area contributed by atoms with Crippen LogP contribution in [-0.4, -0.2) is 17.0 Å². The molecule has 1 N–H and O–H groups in total. The zero-order valence-electron chi connectivity index (χ0n) is 11.2. The molecule has 0 amide bonds. The minimum Gasteiger partial charge on any atom is -0.372 e. The highest BCUT2D eigenvalue weighted by Gasteiger charge is 2.14. The van der Waals surface area contributed by atoms with E-state index >= 15 is 0 Å². The molecule has 2 rings (SSSR count). The predicted octanol–water partition coefficient (Wildman–Crippen LogP) is 4.80. The van der Waals surface area contributed by atoms with Crippen molar-refractivity contribution in [3.63, 3.8) is 0 Å². The van der Waals surface area contributed by atoms with Gasteiger partial charge < -0.3 is 5.32 Å². The third-order valence-electron chi connectivity index (χ3n) is 2.81. The third kappa shape index (κ3) is 3.17. The lowest BCUT2D eigenvalue weighted by atomic mass is 10.2. The maximum atomic E-state index is 13.4. The molecular weight excluding hydrogens is 389 g/mol. The highest BCUT2D eigenvalue weighted by Crippen LogP contribution is 2.31. The smallest absolute Gasteiger partial charge is 0.163 e. The first-order chi connectivity index (χ1) is 9.56. The molecule has 1 aromatic heterocycles. The van der Waals surface area contributed by atoms with E-state index in [1.807, 2.05) is 0 Å². The largest absolute Gasteiger partial charge is 0.372 e. The number of aromatic nitrogens is 2. The Morgan fingerprint density at radius 1 is 1.25 bits per heavy atom. The molecule has 0 fully saturated rings. The van der Waals surface area contributed by atoms with Gasteiger partial charge in [0.05, 0.1) is 10.2 Å². The fourth-order valence-corrected chi connectivity index (χ4v) is 2.85. The van der Waals surface area contributed by atoms with Crippen LogP contribution in [0, 0.1) is 5.82 Å². The average molecular weight is 403 g/mol. The van der Waals surface area contributed by atoms with Gasteiger partial charge in [-0.2, -0.15) is 0 Å². The molecule has 0 aliphatic carbocycles. The maximum Gasteiger partial charge on any atom is 0.163 e. The Hall–Kier alpha value is -1.01. The van der Waals surface area contributed by atoms with E-state index in [4.69, 9.17) is 0 Å². The summed E-state index contributed by atoms with van der Waals surface area (Å²) in [4.78, 5) is 8.99. The summed E-state index contributed by atoms with van der Waals surface area (Å²) < 4.78 is 15.1. The summed E-state index contributed by atoms with van der Waals surface area (Å²) >= 11 is 6.93. The van der Waals surface area contributed by atoms with Gasteiger partial charge in [0.15, 0.2) is 5.82 Å². The van der Waals surface area contributed by atoms with Crippen LogP contribution in [0.15, 0.2) is 27.1 Å². The fraction of sp³-hybridized carbons (Fsp3) is 0.286. The third-order valence-corrected chi connectivity index (χ3v) is 4.34. The summed E-state index contributed by atoms with van der Waals surface area (Å²) in [6.45, 7) is 2.09. The highest BCUT2D eigenvalue weighted by atomic mass is 79.9. The summed E-state index contributed by atoms with van der Waals surface area (Å²) in [5.74, 6) is 0.903. The van der Waals surface area contributed by atoms with Gasteiger partial charge in [0.25, 0.3) is 0 Å². The van der Waals surface area contributed by atoms with Crippen LogP contribution >= 0.6 is 31.9 Å². The number of halogens is 3. The molecular formula is C14H14Br2FN3. The van der Waals surface area contributed by atoms with E-state index in [9.17, 15) is 4.39 Å². The first-order valence-corrected chi connectivity index (χ1v) is 7.85. The van der Waals surface area contributed by atoms with Gasteiger partial charge in [-0.15, -0.1) is 0 Å². The molecule has 0 bridgehead atoms. The zero-order chi connectivity index (χ0) is 14.7. The number of rotatable bonds is 4. The van der Waals surface area contributed by atoms with Crippen molar-refractivity contribution in [1.29, 1.82) is 0 Å². The van der Waals surface area contributed by atoms with Crippen LogP contribution in [0.3, 0.4) is 0 Å². The van der Waals surface area contributed by atoms with Crippen LogP contribution < -0.4 is 5.32 Å². The first kappa shape index (κ1) is 15.4. The summed E-state index contributed by atoms with van der Waals surface area (Å²) in [5.41, 5.74) is 1.56. The molecule has 0 unspecified atom stereocenters. The van der Waals surface area contributed by atoms with Crippen LogP contribution in [0.2, 0.25) is 0 Å². The zero-order valence-corrected chi connectivity index (χ0v) is 14.3.